The van der Waals surface area contributed by atoms with E-state index in [4.69, 9.17) is 0 Å². The topological polar surface area (TPSA) is 92.2 Å². The molecule has 1 aromatic heterocycles. The average molecular weight is 380 g/mol. The number of anilines is 1. The summed E-state index contributed by atoms with van der Waals surface area (Å²) in [5, 5.41) is 8.82. The van der Waals surface area contributed by atoms with Crippen LogP contribution in [0.4, 0.5) is 5.69 Å². The van der Waals surface area contributed by atoms with Gasteiger partial charge in [-0.05, 0) is 42.9 Å². The zero-order valence-corrected chi connectivity index (χ0v) is 15.9. The lowest BCUT2D eigenvalue weighted by Crippen LogP contribution is -2.34. The van der Waals surface area contributed by atoms with Crippen LogP contribution in [-0.2, 0) is 13.0 Å². The Balaban J connectivity index is 1.74. The van der Waals surface area contributed by atoms with Crippen molar-refractivity contribution in [2.75, 3.05) is 18.9 Å². The van der Waals surface area contributed by atoms with Crippen LogP contribution >= 0.6 is 0 Å². The van der Waals surface area contributed by atoms with E-state index in [1.165, 1.54) is 23.2 Å². The number of hydrogen-bond donors (Lipinski definition) is 3. The van der Waals surface area contributed by atoms with Crippen molar-refractivity contribution < 1.29 is 9.59 Å². The number of benzene rings is 1. The lowest BCUT2D eigenvalue weighted by Gasteiger charge is -2.22. The molecule has 28 heavy (non-hydrogen) atoms. The SMILES string of the molecule is CNC(=O)c1cc(C(=O)NC2CC2)cn(Cc2cccc3c2NCCC3)c1=O. The number of amides is 2. The molecule has 7 heteroatoms. The van der Waals surface area contributed by atoms with E-state index >= 15 is 0 Å². The third-order valence-corrected chi connectivity index (χ3v) is 5.23. The summed E-state index contributed by atoms with van der Waals surface area (Å²) < 4.78 is 1.46. The number of nitrogens with one attached hydrogen (secondary N) is 3. The van der Waals surface area contributed by atoms with Gasteiger partial charge in [-0.1, -0.05) is 18.2 Å². The van der Waals surface area contributed by atoms with Crippen molar-refractivity contribution in [1.82, 2.24) is 15.2 Å². The van der Waals surface area contributed by atoms with Gasteiger partial charge in [0.05, 0.1) is 12.1 Å². The zero-order valence-electron chi connectivity index (χ0n) is 15.9. The number of aryl methyl sites for hydroxylation is 1. The van der Waals surface area contributed by atoms with Gasteiger partial charge in [0.25, 0.3) is 17.4 Å². The van der Waals surface area contributed by atoms with Crippen molar-refractivity contribution in [1.29, 1.82) is 0 Å². The van der Waals surface area contributed by atoms with Gasteiger partial charge in [0, 0.05) is 31.5 Å². The Hall–Kier alpha value is -3.09. The Morgan fingerprint density at radius 3 is 2.82 bits per heavy atom. The molecule has 2 amide bonds. The molecule has 0 saturated heterocycles. The number of hydrogen-bond acceptors (Lipinski definition) is 4. The van der Waals surface area contributed by atoms with E-state index in [0.717, 1.165) is 43.5 Å². The number of rotatable bonds is 5. The molecule has 2 aliphatic rings. The fourth-order valence-electron chi connectivity index (χ4n) is 3.57. The van der Waals surface area contributed by atoms with Crippen LogP contribution in [0.2, 0.25) is 0 Å². The quantitative estimate of drug-likeness (QED) is 0.733. The summed E-state index contributed by atoms with van der Waals surface area (Å²) in [7, 11) is 1.47. The number of nitrogens with zero attached hydrogens (tertiary/aromatic N) is 1. The summed E-state index contributed by atoms with van der Waals surface area (Å²) >= 11 is 0. The van der Waals surface area contributed by atoms with E-state index in [1.807, 2.05) is 12.1 Å². The Morgan fingerprint density at radius 1 is 1.25 bits per heavy atom. The third kappa shape index (κ3) is 3.65. The van der Waals surface area contributed by atoms with Gasteiger partial charge in [-0.3, -0.25) is 14.4 Å². The highest BCUT2D eigenvalue weighted by atomic mass is 16.2. The van der Waals surface area contributed by atoms with Crippen molar-refractivity contribution in [3.63, 3.8) is 0 Å². The van der Waals surface area contributed by atoms with Crippen LogP contribution in [-0.4, -0.2) is 36.0 Å². The molecule has 0 radical (unpaired) electrons. The number of fused-ring (bicyclic) bond motifs is 1. The number of carbonyl (C=O) groups excluding carboxylic acids is 2. The Kier molecular flexibility index (Phi) is 4.90. The van der Waals surface area contributed by atoms with Crippen molar-refractivity contribution >= 4 is 17.5 Å². The fourth-order valence-corrected chi connectivity index (χ4v) is 3.57. The second-order valence-corrected chi connectivity index (χ2v) is 7.38. The van der Waals surface area contributed by atoms with Crippen LogP contribution in [0.5, 0.6) is 0 Å². The van der Waals surface area contributed by atoms with Gasteiger partial charge in [0.1, 0.15) is 5.56 Å². The molecule has 0 unspecified atom stereocenters. The highest BCUT2D eigenvalue weighted by Gasteiger charge is 2.25. The third-order valence-electron chi connectivity index (χ3n) is 5.23. The maximum atomic E-state index is 12.9. The van der Waals surface area contributed by atoms with E-state index in [-0.39, 0.29) is 17.5 Å². The molecule has 1 aliphatic carbocycles. The van der Waals surface area contributed by atoms with Crippen molar-refractivity contribution in [3.8, 4) is 0 Å². The van der Waals surface area contributed by atoms with Crippen molar-refractivity contribution in [2.24, 2.45) is 0 Å². The minimum atomic E-state index is -0.493. The second kappa shape index (κ2) is 7.50. The first-order valence-corrected chi connectivity index (χ1v) is 9.69. The predicted molar refractivity (Wildman–Crippen MR) is 107 cm³/mol. The maximum Gasteiger partial charge on any atom is 0.263 e. The number of carbonyl (C=O) groups is 2. The molecule has 0 atom stereocenters. The largest absolute Gasteiger partial charge is 0.385 e. The summed E-state index contributed by atoms with van der Waals surface area (Å²) in [6.07, 6.45) is 5.56. The summed E-state index contributed by atoms with van der Waals surface area (Å²) in [6.45, 7) is 1.19. The smallest absolute Gasteiger partial charge is 0.263 e. The fraction of sp³-hybridized carbons (Fsp3) is 0.381. The van der Waals surface area contributed by atoms with Gasteiger partial charge in [0.15, 0.2) is 0 Å². The molecule has 4 rings (SSSR count). The number of pyridine rings is 1. The molecule has 0 bridgehead atoms. The summed E-state index contributed by atoms with van der Waals surface area (Å²) in [6, 6.07) is 7.62. The first-order valence-electron chi connectivity index (χ1n) is 9.69. The molecule has 1 saturated carbocycles. The van der Waals surface area contributed by atoms with Crippen LogP contribution in [0, 0.1) is 0 Å². The molecule has 1 aromatic carbocycles. The Bertz CT molecular complexity index is 992. The van der Waals surface area contributed by atoms with Crippen LogP contribution < -0.4 is 21.5 Å². The van der Waals surface area contributed by atoms with Gasteiger partial charge < -0.3 is 20.5 Å². The molecule has 2 aromatic rings. The van der Waals surface area contributed by atoms with Crippen molar-refractivity contribution in [2.45, 2.75) is 38.3 Å². The Labute approximate surface area is 163 Å². The van der Waals surface area contributed by atoms with E-state index in [9.17, 15) is 14.4 Å². The minimum absolute atomic E-state index is 0.0243. The molecule has 3 N–H and O–H groups in total. The number of aromatic nitrogens is 1. The summed E-state index contributed by atoms with van der Waals surface area (Å²) in [4.78, 5) is 37.6. The lowest BCUT2D eigenvalue weighted by atomic mass is 9.99. The minimum Gasteiger partial charge on any atom is -0.385 e. The maximum absolute atomic E-state index is 12.9. The normalized spacial score (nSPS) is 15.3. The average Bonchev–Trinajstić information content (AvgIpc) is 3.53. The summed E-state index contributed by atoms with van der Waals surface area (Å²) in [5.74, 6) is -0.748. The standard InChI is InChI=1S/C21H24N4O3/c1-22-20(27)17-10-15(19(26)24-16-7-8-16)12-25(21(17)28)11-14-5-2-4-13-6-3-9-23-18(13)14/h2,4-5,10,12,16,23H,3,6-9,11H2,1H3,(H,22,27)(H,24,26). The van der Waals surface area contributed by atoms with Crippen molar-refractivity contribution in [3.05, 3.63) is 63.1 Å². The second-order valence-electron chi connectivity index (χ2n) is 7.38. The molecular formula is C21H24N4O3. The van der Waals surface area contributed by atoms with Gasteiger partial charge in [-0.25, -0.2) is 0 Å². The molecule has 0 spiro atoms. The monoisotopic (exact) mass is 380 g/mol. The van der Waals surface area contributed by atoms with Gasteiger partial charge in [0.2, 0.25) is 0 Å². The predicted octanol–water partition coefficient (Wildman–Crippen LogP) is 1.51. The molecule has 1 aliphatic heterocycles. The lowest BCUT2D eigenvalue weighted by molar-refractivity contribution is 0.0950. The van der Waals surface area contributed by atoms with Gasteiger partial charge in [-0.2, -0.15) is 0 Å². The molecular weight excluding hydrogens is 356 g/mol. The van der Waals surface area contributed by atoms with Crippen LogP contribution in [0.25, 0.3) is 0 Å². The molecule has 2 heterocycles. The highest BCUT2D eigenvalue weighted by Crippen LogP contribution is 2.26. The van der Waals surface area contributed by atoms with E-state index in [2.05, 4.69) is 22.0 Å². The van der Waals surface area contributed by atoms with Gasteiger partial charge >= 0.3 is 0 Å². The van der Waals surface area contributed by atoms with Crippen LogP contribution in [0.1, 0.15) is 51.1 Å². The summed E-state index contributed by atoms with van der Waals surface area (Å²) in [5.41, 5.74) is 3.14. The van der Waals surface area contributed by atoms with E-state index < -0.39 is 11.5 Å². The first-order chi connectivity index (χ1) is 13.6. The molecule has 7 nitrogen and oxygen atoms in total. The zero-order chi connectivity index (χ0) is 19.7. The first kappa shape index (κ1) is 18.3. The van der Waals surface area contributed by atoms with Crippen LogP contribution in [0.3, 0.4) is 0 Å². The number of para-hydroxylation sites is 1. The van der Waals surface area contributed by atoms with Crippen LogP contribution in [0.15, 0.2) is 35.3 Å². The highest BCUT2D eigenvalue weighted by molar-refractivity contribution is 5.99. The Morgan fingerprint density at radius 2 is 2.07 bits per heavy atom. The van der Waals surface area contributed by atoms with E-state index in [0.29, 0.717) is 12.1 Å². The van der Waals surface area contributed by atoms with E-state index in [1.54, 1.807) is 6.20 Å². The van der Waals surface area contributed by atoms with Gasteiger partial charge in [-0.15, -0.1) is 0 Å². The molecule has 146 valence electrons. The molecule has 1 fully saturated rings.